The molecule has 0 radical (unpaired) electrons. The highest BCUT2D eigenvalue weighted by Gasteiger charge is 2.14. The SMILES string of the molecule is Cc1cc(C(Cc2ccc(F)cc2F)NN)cc(C)n1. The van der Waals surface area contributed by atoms with Crippen LogP contribution in [0.25, 0.3) is 0 Å². The van der Waals surface area contributed by atoms with Crippen molar-refractivity contribution in [2.75, 3.05) is 0 Å². The first kappa shape index (κ1) is 14.6. The molecule has 1 aromatic heterocycles. The van der Waals surface area contributed by atoms with Gasteiger partial charge in [-0.25, -0.2) is 8.78 Å². The summed E-state index contributed by atoms with van der Waals surface area (Å²) in [5.74, 6) is 4.42. The molecule has 0 aliphatic rings. The Morgan fingerprint density at radius 2 is 1.80 bits per heavy atom. The van der Waals surface area contributed by atoms with Gasteiger partial charge in [0.25, 0.3) is 0 Å². The second kappa shape index (κ2) is 6.07. The standard InChI is InChI=1S/C15H17F2N3/c1-9-5-12(6-10(2)19-9)15(20-18)7-11-3-4-13(16)8-14(11)17/h3-6,8,15,20H,7,18H2,1-2H3. The smallest absolute Gasteiger partial charge is 0.129 e. The second-order valence-electron chi connectivity index (χ2n) is 4.84. The average Bonchev–Trinajstić information content (AvgIpc) is 2.36. The summed E-state index contributed by atoms with van der Waals surface area (Å²) >= 11 is 0. The predicted molar refractivity (Wildman–Crippen MR) is 73.8 cm³/mol. The number of hydrogen-bond acceptors (Lipinski definition) is 3. The molecular weight excluding hydrogens is 260 g/mol. The fourth-order valence-corrected chi connectivity index (χ4v) is 2.25. The number of rotatable bonds is 4. The van der Waals surface area contributed by atoms with Crippen LogP contribution in [0.4, 0.5) is 8.78 Å². The maximum absolute atomic E-state index is 13.7. The van der Waals surface area contributed by atoms with Crippen molar-refractivity contribution >= 4 is 0 Å². The third kappa shape index (κ3) is 3.37. The van der Waals surface area contributed by atoms with Gasteiger partial charge in [0.2, 0.25) is 0 Å². The van der Waals surface area contributed by atoms with E-state index in [0.29, 0.717) is 12.0 Å². The van der Waals surface area contributed by atoms with E-state index in [2.05, 4.69) is 10.4 Å². The van der Waals surface area contributed by atoms with E-state index in [1.807, 2.05) is 26.0 Å². The monoisotopic (exact) mass is 277 g/mol. The molecule has 3 nitrogen and oxygen atoms in total. The van der Waals surface area contributed by atoms with Gasteiger partial charge in [-0.1, -0.05) is 6.07 Å². The zero-order valence-corrected chi connectivity index (χ0v) is 11.5. The number of nitrogens with two attached hydrogens (primary N) is 1. The number of nitrogens with one attached hydrogen (secondary N) is 1. The third-order valence-corrected chi connectivity index (χ3v) is 3.15. The van der Waals surface area contributed by atoms with Crippen LogP contribution in [0.5, 0.6) is 0 Å². The van der Waals surface area contributed by atoms with Crippen molar-refractivity contribution < 1.29 is 8.78 Å². The lowest BCUT2D eigenvalue weighted by Crippen LogP contribution is -2.30. The Balaban J connectivity index is 2.28. The Morgan fingerprint density at radius 1 is 1.15 bits per heavy atom. The molecule has 0 bridgehead atoms. The van der Waals surface area contributed by atoms with Crippen LogP contribution < -0.4 is 11.3 Å². The number of aromatic nitrogens is 1. The Bertz CT molecular complexity index is 594. The lowest BCUT2D eigenvalue weighted by atomic mass is 9.98. The van der Waals surface area contributed by atoms with Crippen molar-refractivity contribution in [3.05, 3.63) is 64.5 Å². The molecule has 3 N–H and O–H groups in total. The molecular formula is C15H17F2N3. The number of nitrogens with zero attached hydrogens (tertiary/aromatic N) is 1. The van der Waals surface area contributed by atoms with Crippen molar-refractivity contribution in [3.8, 4) is 0 Å². The summed E-state index contributed by atoms with van der Waals surface area (Å²) in [5, 5.41) is 0. The molecule has 0 saturated carbocycles. The molecule has 0 spiro atoms. The zero-order valence-electron chi connectivity index (χ0n) is 11.5. The van der Waals surface area contributed by atoms with E-state index in [-0.39, 0.29) is 6.04 Å². The maximum Gasteiger partial charge on any atom is 0.129 e. The van der Waals surface area contributed by atoms with Crippen molar-refractivity contribution in [2.45, 2.75) is 26.3 Å². The number of hydrazine groups is 1. The van der Waals surface area contributed by atoms with E-state index >= 15 is 0 Å². The van der Waals surface area contributed by atoms with E-state index in [4.69, 9.17) is 5.84 Å². The fraction of sp³-hybridized carbons (Fsp3) is 0.267. The van der Waals surface area contributed by atoms with E-state index < -0.39 is 11.6 Å². The Morgan fingerprint density at radius 3 is 2.35 bits per heavy atom. The highest BCUT2D eigenvalue weighted by molar-refractivity contribution is 5.27. The lowest BCUT2D eigenvalue weighted by Gasteiger charge is -2.18. The normalized spacial score (nSPS) is 12.4. The molecule has 0 aliphatic carbocycles. The van der Waals surface area contributed by atoms with Gasteiger partial charge in [-0.05, 0) is 49.6 Å². The van der Waals surface area contributed by atoms with Crippen LogP contribution in [-0.4, -0.2) is 4.98 Å². The minimum Gasteiger partial charge on any atom is -0.271 e. The molecule has 5 heteroatoms. The van der Waals surface area contributed by atoms with Gasteiger partial charge in [0.1, 0.15) is 11.6 Å². The molecule has 2 rings (SSSR count). The highest BCUT2D eigenvalue weighted by atomic mass is 19.1. The molecule has 106 valence electrons. The topological polar surface area (TPSA) is 50.9 Å². The summed E-state index contributed by atoms with van der Waals surface area (Å²) in [5.41, 5.74) is 5.77. The van der Waals surface area contributed by atoms with E-state index in [1.165, 1.54) is 12.1 Å². The highest BCUT2D eigenvalue weighted by Crippen LogP contribution is 2.21. The van der Waals surface area contributed by atoms with Gasteiger partial charge >= 0.3 is 0 Å². The van der Waals surface area contributed by atoms with Gasteiger partial charge in [-0.2, -0.15) is 0 Å². The van der Waals surface area contributed by atoms with Gasteiger partial charge in [0.05, 0.1) is 6.04 Å². The van der Waals surface area contributed by atoms with Crippen LogP contribution in [-0.2, 0) is 6.42 Å². The molecule has 1 atom stereocenters. The molecule has 0 aliphatic heterocycles. The molecule has 2 aromatic rings. The molecule has 20 heavy (non-hydrogen) atoms. The number of benzene rings is 1. The fourth-order valence-electron chi connectivity index (χ4n) is 2.25. The van der Waals surface area contributed by atoms with E-state index in [0.717, 1.165) is 23.0 Å². The lowest BCUT2D eigenvalue weighted by molar-refractivity contribution is 0.521. The number of halogens is 2. The van der Waals surface area contributed by atoms with Crippen LogP contribution in [0, 0.1) is 25.5 Å². The second-order valence-corrected chi connectivity index (χ2v) is 4.84. The van der Waals surface area contributed by atoms with Crippen LogP contribution in [0.1, 0.15) is 28.6 Å². The predicted octanol–water partition coefficient (Wildman–Crippen LogP) is 2.72. The summed E-state index contributed by atoms with van der Waals surface area (Å²) in [7, 11) is 0. The van der Waals surface area contributed by atoms with Crippen molar-refractivity contribution in [1.29, 1.82) is 0 Å². The van der Waals surface area contributed by atoms with Crippen LogP contribution in [0.15, 0.2) is 30.3 Å². The first-order valence-corrected chi connectivity index (χ1v) is 6.35. The summed E-state index contributed by atoms with van der Waals surface area (Å²) < 4.78 is 26.6. The van der Waals surface area contributed by atoms with Crippen LogP contribution >= 0.6 is 0 Å². The number of aryl methyl sites for hydroxylation is 2. The molecule has 1 aromatic carbocycles. The van der Waals surface area contributed by atoms with Crippen LogP contribution in [0.2, 0.25) is 0 Å². The Labute approximate surface area is 116 Å². The Hall–Kier alpha value is -1.85. The summed E-state index contributed by atoms with van der Waals surface area (Å²) in [6.45, 7) is 3.78. The molecule has 0 fully saturated rings. The van der Waals surface area contributed by atoms with Gasteiger partial charge in [-0.3, -0.25) is 16.3 Å². The minimum absolute atomic E-state index is 0.254. The molecule has 0 saturated heterocycles. The van der Waals surface area contributed by atoms with Crippen LogP contribution in [0.3, 0.4) is 0 Å². The summed E-state index contributed by atoms with van der Waals surface area (Å²) in [6, 6.07) is 7.12. The van der Waals surface area contributed by atoms with Gasteiger partial charge in [-0.15, -0.1) is 0 Å². The largest absolute Gasteiger partial charge is 0.271 e. The minimum atomic E-state index is -0.584. The maximum atomic E-state index is 13.7. The van der Waals surface area contributed by atoms with Crippen molar-refractivity contribution in [3.63, 3.8) is 0 Å². The van der Waals surface area contributed by atoms with E-state index in [1.54, 1.807) is 0 Å². The molecule has 1 heterocycles. The molecule has 1 unspecified atom stereocenters. The van der Waals surface area contributed by atoms with Crippen molar-refractivity contribution in [1.82, 2.24) is 10.4 Å². The molecule has 0 amide bonds. The number of hydrogen-bond donors (Lipinski definition) is 2. The summed E-state index contributed by atoms with van der Waals surface area (Å²) in [6.07, 6.45) is 0.339. The average molecular weight is 277 g/mol. The van der Waals surface area contributed by atoms with Gasteiger partial charge in [0.15, 0.2) is 0 Å². The van der Waals surface area contributed by atoms with E-state index in [9.17, 15) is 8.78 Å². The zero-order chi connectivity index (χ0) is 14.7. The quantitative estimate of drug-likeness (QED) is 0.667. The van der Waals surface area contributed by atoms with Gasteiger partial charge < -0.3 is 0 Å². The third-order valence-electron chi connectivity index (χ3n) is 3.15. The first-order valence-electron chi connectivity index (χ1n) is 6.35. The Kier molecular flexibility index (Phi) is 4.42. The number of pyridine rings is 1. The summed E-state index contributed by atoms with van der Waals surface area (Å²) in [4.78, 5) is 4.29. The van der Waals surface area contributed by atoms with Gasteiger partial charge in [0, 0.05) is 17.5 Å². The first-order chi connectivity index (χ1) is 9.49. The van der Waals surface area contributed by atoms with Crippen molar-refractivity contribution in [2.24, 2.45) is 5.84 Å².